The summed E-state index contributed by atoms with van der Waals surface area (Å²) in [6.07, 6.45) is 2.87. The van der Waals surface area contributed by atoms with Gasteiger partial charge >= 0.3 is 0 Å². The van der Waals surface area contributed by atoms with Crippen LogP contribution in [0.3, 0.4) is 0 Å². The Kier molecular flexibility index (Phi) is 4.08. The topological polar surface area (TPSA) is 45.2 Å². The number of likely N-dealkylation sites (tertiary alicyclic amines) is 1. The molecular weight excluding hydrogens is 238 g/mol. The number of pyridine rings is 1. The van der Waals surface area contributed by atoms with Crippen molar-refractivity contribution in [3.05, 3.63) is 24.0 Å². The Balaban J connectivity index is 2.22. The van der Waals surface area contributed by atoms with Gasteiger partial charge in [0.1, 0.15) is 5.69 Å². The standard InChI is InChI=1S/C15H23N3O/c1-10-7-11(2)12(3)18(9-10)15(19)14-8-13(16-4)5-6-17-14/h5-6,8,10-12H,7,9H2,1-4H3,(H,16,17). The van der Waals surface area contributed by atoms with Gasteiger partial charge in [-0.05, 0) is 37.3 Å². The van der Waals surface area contributed by atoms with Gasteiger partial charge in [0.15, 0.2) is 0 Å². The highest BCUT2D eigenvalue weighted by molar-refractivity contribution is 5.93. The number of carbonyl (C=O) groups excluding carboxylic acids is 1. The molecule has 1 aliphatic rings. The summed E-state index contributed by atoms with van der Waals surface area (Å²) in [5.74, 6) is 1.14. The Bertz CT molecular complexity index is 460. The fourth-order valence-corrected chi connectivity index (χ4v) is 2.83. The lowest BCUT2D eigenvalue weighted by Crippen LogP contribution is -2.49. The van der Waals surface area contributed by atoms with Crippen LogP contribution in [0.4, 0.5) is 5.69 Å². The maximum absolute atomic E-state index is 12.6. The monoisotopic (exact) mass is 261 g/mol. The molecule has 3 unspecified atom stereocenters. The number of anilines is 1. The third-order valence-electron chi connectivity index (χ3n) is 4.13. The number of nitrogens with zero attached hydrogens (tertiary/aromatic N) is 2. The van der Waals surface area contributed by atoms with Crippen LogP contribution in [0.2, 0.25) is 0 Å². The molecule has 0 aliphatic carbocycles. The molecule has 3 atom stereocenters. The molecule has 4 heteroatoms. The molecule has 4 nitrogen and oxygen atoms in total. The molecule has 104 valence electrons. The van der Waals surface area contributed by atoms with Gasteiger partial charge in [-0.2, -0.15) is 0 Å². The first kappa shape index (κ1) is 13.8. The predicted octanol–water partition coefficient (Wildman–Crippen LogP) is 2.63. The van der Waals surface area contributed by atoms with E-state index in [9.17, 15) is 4.79 Å². The third kappa shape index (κ3) is 2.88. The summed E-state index contributed by atoms with van der Waals surface area (Å²) in [6.45, 7) is 7.39. The van der Waals surface area contributed by atoms with Crippen LogP contribution in [0, 0.1) is 11.8 Å². The summed E-state index contributed by atoms with van der Waals surface area (Å²) >= 11 is 0. The molecule has 1 aliphatic heterocycles. The van der Waals surface area contributed by atoms with Crippen molar-refractivity contribution in [1.82, 2.24) is 9.88 Å². The Morgan fingerprint density at radius 1 is 1.42 bits per heavy atom. The molecule has 19 heavy (non-hydrogen) atoms. The molecule has 1 amide bonds. The van der Waals surface area contributed by atoms with Crippen LogP contribution in [-0.4, -0.2) is 35.4 Å². The van der Waals surface area contributed by atoms with Crippen molar-refractivity contribution in [1.29, 1.82) is 0 Å². The van der Waals surface area contributed by atoms with Crippen molar-refractivity contribution in [2.45, 2.75) is 33.2 Å². The fourth-order valence-electron chi connectivity index (χ4n) is 2.83. The lowest BCUT2D eigenvalue weighted by molar-refractivity contribution is 0.0450. The molecule has 0 spiro atoms. The highest BCUT2D eigenvalue weighted by Gasteiger charge is 2.32. The smallest absolute Gasteiger partial charge is 0.272 e. The summed E-state index contributed by atoms with van der Waals surface area (Å²) < 4.78 is 0. The number of nitrogens with one attached hydrogen (secondary N) is 1. The van der Waals surface area contributed by atoms with Crippen LogP contribution in [-0.2, 0) is 0 Å². The van der Waals surface area contributed by atoms with Gasteiger partial charge in [0, 0.05) is 31.5 Å². The van der Waals surface area contributed by atoms with E-state index in [0.29, 0.717) is 17.5 Å². The molecule has 1 fully saturated rings. The molecule has 1 aromatic rings. The molecule has 2 rings (SSSR count). The zero-order valence-corrected chi connectivity index (χ0v) is 12.2. The second-order valence-electron chi connectivity index (χ2n) is 5.70. The predicted molar refractivity (Wildman–Crippen MR) is 77.2 cm³/mol. The average Bonchev–Trinajstić information content (AvgIpc) is 2.42. The van der Waals surface area contributed by atoms with E-state index in [1.54, 1.807) is 6.20 Å². The van der Waals surface area contributed by atoms with Crippen LogP contribution in [0.5, 0.6) is 0 Å². The van der Waals surface area contributed by atoms with E-state index in [1.807, 2.05) is 24.1 Å². The quantitative estimate of drug-likeness (QED) is 0.890. The fraction of sp³-hybridized carbons (Fsp3) is 0.600. The Morgan fingerprint density at radius 3 is 2.84 bits per heavy atom. The molecule has 0 aromatic carbocycles. The second-order valence-corrected chi connectivity index (χ2v) is 5.70. The summed E-state index contributed by atoms with van der Waals surface area (Å²) in [4.78, 5) is 18.8. The van der Waals surface area contributed by atoms with Crippen LogP contribution in [0.25, 0.3) is 0 Å². The summed E-state index contributed by atoms with van der Waals surface area (Å²) in [5, 5.41) is 3.04. The van der Waals surface area contributed by atoms with Gasteiger partial charge in [-0.1, -0.05) is 13.8 Å². The average molecular weight is 261 g/mol. The molecule has 2 heterocycles. The van der Waals surface area contributed by atoms with E-state index in [2.05, 4.69) is 31.1 Å². The van der Waals surface area contributed by atoms with Crippen molar-refractivity contribution in [3.63, 3.8) is 0 Å². The van der Waals surface area contributed by atoms with E-state index in [0.717, 1.165) is 12.2 Å². The number of piperidine rings is 1. The van der Waals surface area contributed by atoms with Gasteiger partial charge in [-0.3, -0.25) is 9.78 Å². The lowest BCUT2D eigenvalue weighted by Gasteiger charge is -2.41. The van der Waals surface area contributed by atoms with Gasteiger partial charge in [0.05, 0.1) is 0 Å². The van der Waals surface area contributed by atoms with E-state index in [1.165, 1.54) is 6.42 Å². The van der Waals surface area contributed by atoms with Crippen LogP contribution in [0.15, 0.2) is 18.3 Å². The minimum absolute atomic E-state index is 0.0444. The number of amides is 1. The van der Waals surface area contributed by atoms with Crippen molar-refractivity contribution in [2.75, 3.05) is 18.9 Å². The zero-order valence-electron chi connectivity index (χ0n) is 12.2. The zero-order chi connectivity index (χ0) is 14.0. The van der Waals surface area contributed by atoms with Crippen LogP contribution in [0.1, 0.15) is 37.7 Å². The largest absolute Gasteiger partial charge is 0.388 e. The van der Waals surface area contributed by atoms with Crippen molar-refractivity contribution >= 4 is 11.6 Å². The SMILES string of the molecule is CNc1ccnc(C(=O)N2CC(C)CC(C)C2C)c1. The van der Waals surface area contributed by atoms with Crippen LogP contribution >= 0.6 is 0 Å². The summed E-state index contributed by atoms with van der Waals surface area (Å²) in [5.41, 5.74) is 1.45. The molecule has 0 saturated carbocycles. The first-order chi connectivity index (χ1) is 9.02. The Labute approximate surface area is 115 Å². The number of rotatable bonds is 2. The van der Waals surface area contributed by atoms with E-state index in [4.69, 9.17) is 0 Å². The first-order valence-corrected chi connectivity index (χ1v) is 6.97. The molecule has 1 N–H and O–H groups in total. The Morgan fingerprint density at radius 2 is 2.16 bits per heavy atom. The normalized spacial score (nSPS) is 27.2. The molecular formula is C15H23N3O. The van der Waals surface area contributed by atoms with Gasteiger partial charge in [-0.25, -0.2) is 0 Å². The number of aromatic nitrogens is 1. The van der Waals surface area contributed by atoms with Gasteiger partial charge in [0.25, 0.3) is 5.91 Å². The minimum Gasteiger partial charge on any atom is -0.388 e. The third-order valence-corrected chi connectivity index (χ3v) is 4.13. The van der Waals surface area contributed by atoms with Crippen molar-refractivity contribution < 1.29 is 4.79 Å². The van der Waals surface area contributed by atoms with Gasteiger partial charge in [-0.15, -0.1) is 0 Å². The van der Waals surface area contributed by atoms with Crippen molar-refractivity contribution in [2.24, 2.45) is 11.8 Å². The minimum atomic E-state index is 0.0444. The van der Waals surface area contributed by atoms with Crippen LogP contribution < -0.4 is 5.32 Å². The maximum atomic E-state index is 12.6. The van der Waals surface area contributed by atoms with Gasteiger partial charge in [0.2, 0.25) is 0 Å². The Hall–Kier alpha value is -1.58. The number of hydrogen-bond donors (Lipinski definition) is 1. The first-order valence-electron chi connectivity index (χ1n) is 6.97. The highest BCUT2D eigenvalue weighted by Crippen LogP contribution is 2.28. The van der Waals surface area contributed by atoms with E-state index >= 15 is 0 Å². The number of carbonyl (C=O) groups is 1. The van der Waals surface area contributed by atoms with E-state index < -0.39 is 0 Å². The molecule has 1 saturated heterocycles. The second kappa shape index (κ2) is 5.59. The maximum Gasteiger partial charge on any atom is 0.272 e. The van der Waals surface area contributed by atoms with E-state index in [-0.39, 0.29) is 11.9 Å². The lowest BCUT2D eigenvalue weighted by atomic mass is 9.86. The summed E-state index contributed by atoms with van der Waals surface area (Å²) in [7, 11) is 1.84. The number of hydrogen-bond acceptors (Lipinski definition) is 3. The van der Waals surface area contributed by atoms with Gasteiger partial charge < -0.3 is 10.2 Å². The highest BCUT2D eigenvalue weighted by atomic mass is 16.2. The summed E-state index contributed by atoms with van der Waals surface area (Å²) in [6, 6.07) is 3.96. The molecule has 0 bridgehead atoms. The van der Waals surface area contributed by atoms with Crippen molar-refractivity contribution in [3.8, 4) is 0 Å². The molecule has 0 radical (unpaired) electrons. The molecule has 1 aromatic heterocycles.